The number of hydrogen-bond acceptors (Lipinski definition) is 2. The van der Waals surface area contributed by atoms with Gasteiger partial charge in [-0.05, 0) is 24.5 Å². The standard InChI is InChI=1S/C19H22N2/c1-4-21-19(15(2)20-3)18-13-9-8-12-17(18)14-16-10-6-5-7-11-16/h5-13,20H,2,4,14H2,1,3H3/b21-19-. The molecule has 0 saturated heterocycles. The van der Waals surface area contributed by atoms with Crippen LogP contribution in [0.1, 0.15) is 23.6 Å². The number of likely N-dealkylation sites (N-methyl/N-ethyl adjacent to an activating group) is 1. The number of rotatable bonds is 6. The van der Waals surface area contributed by atoms with Gasteiger partial charge in [-0.1, -0.05) is 61.2 Å². The molecule has 0 fully saturated rings. The summed E-state index contributed by atoms with van der Waals surface area (Å²) >= 11 is 0. The molecule has 0 heterocycles. The number of nitrogens with zero attached hydrogens (tertiary/aromatic N) is 1. The fourth-order valence-electron chi connectivity index (χ4n) is 2.34. The van der Waals surface area contributed by atoms with E-state index in [0.29, 0.717) is 0 Å². The monoisotopic (exact) mass is 278 g/mol. The number of hydrogen-bond donors (Lipinski definition) is 1. The Labute approximate surface area is 127 Å². The molecule has 0 aromatic heterocycles. The molecule has 2 heteroatoms. The minimum absolute atomic E-state index is 0.746. The Kier molecular flexibility index (Phi) is 5.33. The Hall–Kier alpha value is -2.35. The summed E-state index contributed by atoms with van der Waals surface area (Å²) in [6, 6.07) is 18.9. The molecule has 2 aromatic rings. The van der Waals surface area contributed by atoms with Gasteiger partial charge in [-0.15, -0.1) is 0 Å². The maximum atomic E-state index is 4.62. The van der Waals surface area contributed by atoms with E-state index in [1.807, 2.05) is 20.0 Å². The number of allylic oxidation sites excluding steroid dienone is 1. The Bertz CT molecular complexity index is 627. The summed E-state index contributed by atoms with van der Waals surface area (Å²) in [5.41, 5.74) is 5.54. The largest absolute Gasteiger partial charge is 0.387 e. The van der Waals surface area contributed by atoms with Crippen LogP contribution in [0.25, 0.3) is 0 Å². The second kappa shape index (κ2) is 7.44. The number of nitrogens with one attached hydrogen (secondary N) is 1. The van der Waals surface area contributed by atoms with E-state index in [0.717, 1.165) is 29.9 Å². The van der Waals surface area contributed by atoms with E-state index in [4.69, 9.17) is 0 Å². The summed E-state index contributed by atoms with van der Waals surface area (Å²) < 4.78 is 0. The second-order valence-electron chi connectivity index (χ2n) is 4.87. The number of benzene rings is 2. The highest BCUT2D eigenvalue weighted by Crippen LogP contribution is 2.17. The van der Waals surface area contributed by atoms with Crippen molar-refractivity contribution < 1.29 is 0 Å². The highest BCUT2D eigenvalue weighted by atomic mass is 14.9. The lowest BCUT2D eigenvalue weighted by Crippen LogP contribution is -2.18. The molecular weight excluding hydrogens is 256 g/mol. The van der Waals surface area contributed by atoms with E-state index in [2.05, 4.69) is 65.4 Å². The van der Waals surface area contributed by atoms with Crippen molar-refractivity contribution in [2.24, 2.45) is 4.99 Å². The van der Waals surface area contributed by atoms with Gasteiger partial charge in [-0.2, -0.15) is 0 Å². The number of aliphatic imine (C=N–C) groups is 1. The zero-order valence-corrected chi connectivity index (χ0v) is 12.8. The van der Waals surface area contributed by atoms with Crippen molar-refractivity contribution in [3.8, 4) is 0 Å². The molecule has 0 bridgehead atoms. The van der Waals surface area contributed by atoms with Crippen LogP contribution < -0.4 is 5.32 Å². The molecule has 2 rings (SSSR count). The first-order valence-corrected chi connectivity index (χ1v) is 7.30. The lowest BCUT2D eigenvalue weighted by molar-refractivity contribution is 1.04. The average molecular weight is 278 g/mol. The third kappa shape index (κ3) is 3.82. The van der Waals surface area contributed by atoms with Crippen LogP contribution in [-0.4, -0.2) is 19.3 Å². The molecule has 0 aliphatic carbocycles. The molecule has 21 heavy (non-hydrogen) atoms. The first-order valence-electron chi connectivity index (χ1n) is 7.30. The summed E-state index contributed by atoms with van der Waals surface area (Å²) in [4.78, 5) is 4.62. The third-order valence-electron chi connectivity index (χ3n) is 3.41. The topological polar surface area (TPSA) is 24.4 Å². The van der Waals surface area contributed by atoms with Crippen LogP contribution in [0, 0.1) is 0 Å². The molecule has 2 aromatic carbocycles. The first kappa shape index (κ1) is 15.0. The van der Waals surface area contributed by atoms with Gasteiger partial charge >= 0.3 is 0 Å². The Morgan fingerprint density at radius 2 is 1.71 bits per heavy atom. The SMILES string of the molecule is C=C(NC)/C(=N/CC)c1ccccc1Cc1ccccc1. The van der Waals surface area contributed by atoms with E-state index in [1.54, 1.807) is 0 Å². The summed E-state index contributed by atoms with van der Waals surface area (Å²) in [5, 5.41) is 3.11. The molecule has 108 valence electrons. The van der Waals surface area contributed by atoms with Crippen molar-refractivity contribution in [2.45, 2.75) is 13.3 Å². The molecule has 0 spiro atoms. The molecule has 0 amide bonds. The van der Waals surface area contributed by atoms with Crippen molar-refractivity contribution in [3.63, 3.8) is 0 Å². The van der Waals surface area contributed by atoms with Crippen molar-refractivity contribution in [1.82, 2.24) is 5.32 Å². The van der Waals surface area contributed by atoms with Gasteiger partial charge in [0.2, 0.25) is 0 Å². The normalized spacial score (nSPS) is 11.2. The van der Waals surface area contributed by atoms with Crippen molar-refractivity contribution in [2.75, 3.05) is 13.6 Å². The van der Waals surface area contributed by atoms with Crippen LogP contribution in [-0.2, 0) is 6.42 Å². The zero-order valence-electron chi connectivity index (χ0n) is 12.8. The van der Waals surface area contributed by atoms with Crippen LogP contribution in [0.4, 0.5) is 0 Å². The highest BCUT2D eigenvalue weighted by Gasteiger charge is 2.11. The lowest BCUT2D eigenvalue weighted by atomic mass is 9.96. The Balaban J connectivity index is 2.40. The Morgan fingerprint density at radius 1 is 1.05 bits per heavy atom. The van der Waals surface area contributed by atoms with Gasteiger partial charge in [0.25, 0.3) is 0 Å². The predicted molar refractivity (Wildman–Crippen MR) is 91.0 cm³/mol. The summed E-state index contributed by atoms with van der Waals surface area (Å²) in [6.45, 7) is 6.86. The fraction of sp³-hybridized carbons (Fsp3) is 0.211. The van der Waals surface area contributed by atoms with Crippen LogP contribution in [0.3, 0.4) is 0 Å². The van der Waals surface area contributed by atoms with Gasteiger partial charge in [0, 0.05) is 19.2 Å². The van der Waals surface area contributed by atoms with Crippen molar-refractivity contribution in [1.29, 1.82) is 0 Å². The molecule has 2 nitrogen and oxygen atoms in total. The maximum Gasteiger partial charge on any atom is 0.0874 e. The second-order valence-corrected chi connectivity index (χ2v) is 4.87. The van der Waals surface area contributed by atoms with Crippen LogP contribution in [0.2, 0.25) is 0 Å². The summed E-state index contributed by atoms with van der Waals surface area (Å²) in [7, 11) is 1.88. The highest BCUT2D eigenvalue weighted by molar-refractivity contribution is 6.12. The summed E-state index contributed by atoms with van der Waals surface area (Å²) in [5.74, 6) is 0. The van der Waals surface area contributed by atoms with Crippen LogP contribution >= 0.6 is 0 Å². The predicted octanol–water partition coefficient (Wildman–Crippen LogP) is 3.82. The minimum Gasteiger partial charge on any atom is -0.387 e. The molecular formula is C19H22N2. The van der Waals surface area contributed by atoms with E-state index in [9.17, 15) is 0 Å². The first-order chi connectivity index (χ1) is 10.3. The van der Waals surface area contributed by atoms with E-state index in [-0.39, 0.29) is 0 Å². The molecule has 0 saturated carbocycles. The van der Waals surface area contributed by atoms with Crippen LogP contribution in [0.15, 0.2) is 71.9 Å². The Morgan fingerprint density at radius 3 is 2.38 bits per heavy atom. The van der Waals surface area contributed by atoms with Gasteiger partial charge < -0.3 is 5.32 Å². The third-order valence-corrected chi connectivity index (χ3v) is 3.41. The van der Waals surface area contributed by atoms with Gasteiger partial charge in [-0.3, -0.25) is 4.99 Å². The fourth-order valence-corrected chi connectivity index (χ4v) is 2.34. The molecule has 0 aliphatic rings. The smallest absolute Gasteiger partial charge is 0.0874 e. The maximum absolute atomic E-state index is 4.62. The summed E-state index contributed by atoms with van der Waals surface area (Å²) in [6.07, 6.45) is 0.900. The molecule has 0 unspecified atom stereocenters. The molecule has 1 N–H and O–H groups in total. The van der Waals surface area contributed by atoms with Gasteiger partial charge in [0.05, 0.1) is 11.4 Å². The van der Waals surface area contributed by atoms with Gasteiger partial charge in [-0.25, -0.2) is 0 Å². The van der Waals surface area contributed by atoms with E-state index in [1.165, 1.54) is 11.1 Å². The van der Waals surface area contributed by atoms with Gasteiger partial charge in [0.1, 0.15) is 0 Å². The quantitative estimate of drug-likeness (QED) is 0.798. The van der Waals surface area contributed by atoms with Crippen LogP contribution in [0.5, 0.6) is 0 Å². The van der Waals surface area contributed by atoms with Crippen molar-refractivity contribution >= 4 is 5.71 Å². The van der Waals surface area contributed by atoms with Gasteiger partial charge in [0.15, 0.2) is 0 Å². The van der Waals surface area contributed by atoms with Crippen molar-refractivity contribution in [3.05, 3.63) is 83.6 Å². The molecule has 0 radical (unpaired) electrons. The average Bonchev–Trinajstić information content (AvgIpc) is 2.54. The van der Waals surface area contributed by atoms with E-state index >= 15 is 0 Å². The lowest BCUT2D eigenvalue weighted by Gasteiger charge is -2.14. The minimum atomic E-state index is 0.746. The molecule has 0 aliphatic heterocycles. The molecule has 0 atom stereocenters. The van der Waals surface area contributed by atoms with E-state index < -0.39 is 0 Å². The zero-order chi connectivity index (χ0) is 15.1.